The summed E-state index contributed by atoms with van der Waals surface area (Å²) >= 11 is 5.92. The molecule has 6 nitrogen and oxygen atoms in total. The van der Waals surface area contributed by atoms with E-state index in [4.69, 9.17) is 11.6 Å². The van der Waals surface area contributed by atoms with Crippen molar-refractivity contribution >= 4 is 28.5 Å². The molecular formula is C17H15ClN4O2. The van der Waals surface area contributed by atoms with E-state index in [1.165, 1.54) is 10.9 Å². The van der Waals surface area contributed by atoms with E-state index in [9.17, 15) is 9.59 Å². The second-order valence-corrected chi connectivity index (χ2v) is 6.35. The molecule has 2 heterocycles. The number of rotatable bonds is 4. The molecule has 1 aliphatic carbocycles. The number of hydrogen-bond donors (Lipinski definition) is 1. The van der Waals surface area contributed by atoms with Crippen LogP contribution in [0, 0.1) is 0 Å². The molecule has 1 aliphatic rings. The third-order valence-corrected chi connectivity index (χ3v) is 4.28. The number of nitrogens with one attached hydrogen (secondary N) is 1. The molecule has 1 N–H and O–H groups in total. The summed E-state index contributed by atoms with van der Waals surface area (Å²) < 4.78 is 3.10. The van der Waals surface area contributed by atoms with Crippen molar-refractivity contribution in [1.29, 1.82) is 0 Å². The van der Waals surface area contributed by atoms with Gasteiger partial charge in [-0.1, -0.05) is 11.6 Å². The maximum absolute atomic E-state index is 12.8. The lowest BCUT2D eigenvalue weighted by Crippen LogP contribution is -2.33. The van der Waals surface area contributed by atoms with Crippen LogP contribution >= 0.6 is 11.6 Å². The summed E-state index contributed by atoms with van der Waals surface area (Å²) in [7, 11) is 0. The fourth-order valence-corrected chi connectivity index (χ4v) is 2.77. The van der Waals surface area contributed by atoms with Crippen LogP contribution in [0.2, 0.25) is 5.02 Å². The van der Waals surface area contributed by atoms with Gasteiger partial charge in [0.2, 0.25) is 5.91 Å². The van der Waals surface area contributed by atoms with Crippen LogP contribution < -0.4 is 10.9 Å². The van der Waals surface area contributed by atoms with Gasteiger partial charge in [-0.05, 0) is 43.2 Å². The normalized spacial score (nSPS) is 14.0. The predicted molar refractivity (Wildman–Crippen MR) is 91.5 cm³/mol. The van der Waals surface area contributed by atoms with Gasteiger partial charge in [0.25, 0.3) is 5.56 Å². The number of aromatic nitrogens is 3. The molecule has 1 fully saturated rings. The minimum atomic E-state index is -0.245. The van der Waals surface area contributed by atoms with Crippen molar-refractivity contribution in [3.8, 4) is 5.69 Å². The molecule has 0 atom stereocenters. The average molecular weight is 343 g/mol. The maximum atomic E-state index is 12.8. The van der Waals surface area contributed by atoms with E-state index >= 15 is 0 Å². The van der Waals surface area contributed by atoms with Crippen LogP contribution in [0.3, 0.4) is 0 Å². The van der Waals surface area contributed by atoms with Crippen molar-refractivity contribution < 1.29 is 4.79 Å². The Bertz CT molecular complexity index is 970. The Kier molecular flexibility index (Phi) is 3.61. The third kappa shape index (κ3) is 2.80. The Morgan fingerprint density at radius 2 is 2.00 bits per heavy atom. The maximum Gasteiger partial charge on any atom is 0.278 e. The molecular weight excluding hydrogens is 328 g/mol. The van der Waals surface area contributed by atoms with Gasteiger partial charge in [0.05, 0.1) is 11.8 Å². The van der Waals surface area contributed by atoms with Gasteiger partial charge in [-0.2, -0.15) is 0 Å². The van der Waals surface area contributed by atoms with Crippen LogP contribution in [0.4, 0.5) is 0 Å². The van der Waals surface area contributed by atoms with E-state index < -0.39 is 0 Å². The van der Waals surface area contributed by atoms with Gasteiger partial charge in [-0.25, -0.2) is 4.98 Å². The second-order valence-electron chi connectivity index (χ2n) is 5.92. The molecule has 122 valence electrons. The molecule has 1 saturated carbocycles. The van der Waals surface area contributed by atoms with Gasteiger partial charge in [-0.3, -0.25) is 14.2 Å². The lowest BCUT2D eigenvalue weighted by molar-refractivity contribution is -0.121. The molecule has 0 unspecified atom stereocenters. The number of carbonyl (C=O) groups excluding carboxylic acids is 1. The summed E-state index contributed by atoms with van der Waals surface area (Å²) in [4.78, 5) is 29.0. The average Bonchev–Trinajstić information content (AvgIpc) is 3.26. The number of nitrogens with zero attached hydrogens (tertiary/aromatic N) is 3. The quantitative estimate of drug-likeness (QED) is 0.789. The highest BCUT2D eigenvalue weighted by atomic mass is 35.5. The van der Waals surface area contributed by atoms with Gasteiger partial charge in [0, 0.05) is 22.9 Å². The number of amides is 1. The molecule has 0 aliphatic heterocycles. The molecule has 0 saturated heterocycles. The Labute approximate surface area is 142 Å². The summed E-state index contributed by atoms with van der Waals surface area (Å²) in [5, 5.41) is 3.50. The standard InChI is InChI=1S/C17H15ClN4O2/c18-11-1-5-13(6-2-11)22-8-7-14-16(22)17(24)21(10-19-14)9-15(23)20-12-3-4-12/h1-2,5-8,10,12H,3-4,9H2,(H,20,23). The lowest BCUT2D eigenvalue weighted by atomic mass is 10.3. The molecule has 0 bridgehead atoms. The molecule has 0 radical (unpaired) electrons. The Morgan fingerprint density at radius 3 is 2.71 bits per heavy atom. The van der Waals surface area contributed by atoms with Crippen LogP contribution in [0.1, 0.15) is 12.8 Å². The summed E-state index contributed by atoms with van der Waals surface area (Å²) in [6, 6.07) is 9.24. The molecule has 3 aromatic rings. The number of carbonyl (C=O) groups is 1. The number of fused-ring (bicyclic) bond motifs is 1. The fraction of sp³-hybridized carbons (Fsp3) is 0.235. The summed E-state index contributed by atoms with van der Waals surface area (Å²) in [5.74, 6) is -0.162. The summed E-state index contributed by atoms with van der Waals surface area (Å²) in [6.45, 7) is -0.0237. The Balaban J connectivity index is 1.74. The number of halogens is 1. The van der Waals surface area contributed by atoms with Gasteiger partial charge < -0.3 is 9.88 Å². The second kappa shape index (κ2) is 5.79. The molecule has 2 aromatic heterocycles. The number of benzene rings is 1. The largest absolute Gasteiger partial charge is 0.352 e. The summed E-state index contributed by atoms with van der Waals surface area (Å²) in [5.41, 5.74) is 1.60. The highest BCUT2D eigenvalue weighted by molar-refractivity contribution is 6.30. The monoisotopic (exact) mass is 342 g/mol. The van der Waals surface area contributed by atoms with E-state index in [0.29, 0.717) is 16.1 Å². The molecule has 1 aromatic carbocycles. The van der Waals surface area contributed by atoms with Crippen molar-refractivity contribution in [2.45, 2.75) is 25.4 Å². The first-order valence-electron chi connectivity index (χ1n) is 7.73. The minimum absolute atomic E-state index is 0.0237. The van der Waals surface area contributed by atoms with E-state index in [2.05, 4.69) is 10.3 Å². The van der Waals surface area contributed by atoms with E-state index in [1.807, 2.05) is 12.1 Å². The predicted octanol–water partition coefficient (Wildman–Crippen LogP) is 2.12. The smallest absolute Gasteiger partial charge is 0.278 e. The van der Waals surface area contributed by atoms with E-state index in [-0.39, 0.29) is 24.1 Å². The highest BCUT2D eigenvalue weighted by Crippen LogP contribution is 2.19. The van der Waals surface area contributed by atoms with Crippen molar-refractivity contribution in [3.63, 3.8) is 0 Å². The summed E-state index contributed by atoms with van der Waals surface area (Å²) in [6.07, 6.45) is 5.23. The fourth-order valence-electron chi connectivity index (χ4n) is 2.64. The first kappa shape index (κ1) is 15.0. The van der Waals surface area contributed by atoms with Gasteiger partial charge in [0.15, 0.2) is 0 Å². The van der Waals surface area contributed by atoms with Crippen LogP contribution in [0.15, 0.2) is 47.7 Å². The van der Waals surface area contributed by atoms with Crippen molar-refractivity contribution in [1.82, 2.24) is 19.4 Å². The zero-order chi connectivity index (χ0) is 16.7. The van der Waals surface area contributed by atoms with Crippen molar-refractivity contribution in [2.75, 3.05) is 0 Å². The molecule has 1 amide bonds. The van der Waals surface area contributed by atoms with Crippen LogP contribution in [-0.2, 0) is 11.3 Å². The zero-order valence-electron chi connectivity index (χ0n) is 12.8. The van der Waals surface area contributed by atoms with Crippen LogP contribution in [-0.4, -0.2) is 26.1 Å². The lowest BCUT2D eigenvalue weighted by Gasteiger charge is -2.08. The highest BCUT2D eigenvalue weighted by Gasteiger charge is 2.23. The van der Waals surface area contributed by atoms with E-state index in [0.717, 1.165) is 18.5 Å². The van der Waals surface area contributed by atoms with Gasteiger partial charge >= 0.3 is 0 Å². The van der Waals surface area contributed by atoms with Gasteiger partial charge in [-0.15, -0.1) is 0 Å². The molecule has 24 heavy (non-hydrogen) atoms. The molecule has 0 spiro atoms. The topological polar surface area (TPSA) is 68.9 Å². The number of hydrogen-bond acceptors (Lipinski definition) is 3. The van der Waals surface area contributed by atoms with Crippen LogP contribution in [0.25, 0.3) is 16.7 Å². The van der Waals surface area contributed by atoms with E-state index in [1.54, 1.807) is 29.0 Å². The van der Waals surface area contributed by atoms with Crippen molar-refractivity contribution in [2.24, 2.45) is 0 Å². The van der Waals surface area contributed by atoms with Crippen molar-refractivity contribution in [3.05, 3.63) is 58.2 Å². The van der Waals surface area contributed by atoms with Crippen LogP contribution in [0.5, 0.6) is 0 Å². The SMILES string of the molecule is O=C(Cn1cnc2ccn(-c3ccc(Cl)cc3)c2c1=O)NC1CC1. The third-order valence-electron chi connectivity index (χ3n) is 4.03. The molecule has 4 rings (SSSR count). The first-order chi connectivity index (χ1) is 11.6. The van der Waals surface area contributed by atoms with Gasteiger partial charge in [0.1, 0.15) is 12.1 Å². The minimum Gasteiger partial charge on any atom is -0.352 e. The molecule has 7 heteroatoms. The Morgan fingerprint density at radius 1 is 1.25 bits per heavy atom. The Hall–Kier alpha value is -2.60. The zero-order valence-corrected chi connectivity index (χ0v) is 13.5. The first-order valence-corrected chi connectivity index (χ1v) is 8.11.